The minimum atomic E-state index is 0.563. The SMILES string of the molecule is CCCCO[Cl+][O-]. The highest BCUT2D eigenvalue weighted by Gasteiger charge is 1.88. The third-order valence-electron chi connectivity index (χ3n) is 0.620. The first-order chi connectivity index (χ1) is 3.41. The Morgan fingerprint density at radius 1 is 1.71 bits per heavy atom. The van der Waals surface area contributed by atoms with Crippen LogP contribution < -0.4 is 4.66 Å². The van der Waals surface area contributed by atoms with Crippen LogP contribution in [0.5, 0.6) is 0 Å². The highest BCUT2D eigenvalue weighted by atomic mass is 35.6. The van der Waals surface area contributed by atoms with Gasteiger partial charge in [-0.1, -0.05) is 13.3 Å². The molecule has 0 spiro atoms. The van der Waals surface area contributed by atoms with Gasteiger partial charge in [0.2, 0.25) is 0 Å². The number of unbranched alkanes of at least 4 members (excludes halogenated alkanes) is 1. The highest BCUT2D eigenvalue weighted by molar-refractivity contribution is 4.24. The van der Waals surface area contributed by atoms with Crippen LogP contribution in [0.25, 0.3) is 0 Å². The molecule has 3 heteroatoms. The molecule has 0 aromatic heterocycles. The van der Waals surface area contributed by atoms with Crippen LogP contribution in [0.1, 0.15) is 19.8 Å². The smallest absolute Gasteiger partial charge is 0.330 e. The summed E-state index contributed by atoms with van der Waals surface area (Å²) in [6.45, 7) is 2.61. The van der Waals surface area contributed by atoms with Gasteiger partial charge in [-0.3, -0.25) is 0 Å². The van der Waals surface area contributed by atoms with E-state index in [0.29, 0.717) is 17.9 Å². The zero-order chi connectivity index (χ0) is 5.54. The summed E-state index contributed by atoms with van der Waals surface area (Å²) >= 11 is 0.579. The molecule has 7 heavy (non-hydrogen) atoms. The Bertz CT molecular complexity index is 28.9. The molecule has 0 aromatic rings. The average molecular weight is 125 g/mol. The lowest BCUT2D eigenvalue weighted by molar-refractivity contribution is -1.27. The van der Waals surface area contributed by atoms with Crippen LogP contribution in [-0.2, 0) is 4.29 Å². The van der Waals surface area contributed by atoms with Gasteiger partial charge >= 0.3 is 11.3 Å². The van der Waals surface area contributed by atoms with E-state index in [-0.39, 0.29) is 0 Å². The van der Waals surface area contributed by atoms with E-state index in [9.17, 15) is 4.66 Å². The zero-order valence-corrected chi connectivity index (χ0v) is 5.07. The first-order valence-corrected chi connectivity index (χ1v) is 2.92. The third kappa shape index (κ3) is 6.21. The van der Waals surface area contributed by atoms with Crippen molar-refractivity contribution in [3.05, 3.63) is 0 Å². The van der Waals surface area contributed by atoms with Gasteiger partial charge in [0.1, 0.15) is 6.61 Å². The van der Waals surface area contributed by atoms with Gasteiger partial charge < -0.3 is 4.66 Å². The van der Waals surface area contributed by atoms with Gasteiger partial charge in [0, 0.05) is 0 Å². The quantitative estimate of drug-likeness (QED) is 0.497. The van der Waals surface area contributed by atoms with E-state index in [2.05, 4.69) is 4.29 Å². The van der Waals surface area contributed by atoms with E-state index in [1.165, 1.54) is 0 Å². The molecule has 0 aromatic carbocycles. The van der Waals surface area contributed by atoms with Crippen LogP contribution in [0.2, 0.25) is 0 Å². The Morgan fingerprint density at radius 2 is 2.43 bits per heavy atom. The second-order valence-electron chi connectivity index (χ2n) is 1.23. The second kappa shape index (κ2) is 6.21. The fourth-order valence-corrected chi connectivity index (χ4v) is 0.402. The number of hydrogen-bond donors (Lipinski definition) is 0. The van der Waals surface area contributed by atoms with Gasteiger partial charge in [-0.15, -0.1) is 4.29 Å². The monoisotopic (exact) mass is 124 g/mol. The molecule has 44 valence electrons. The molecule has 2 nitrogen and oxygen atoms in total. The van der Waals surface area contributed by atoms with E-state index < -0.39 is 0 Å². The maximum absolute atomic E-state index is 9.44. The summed E-state index contributed by atoms with van der Waals surface area (Å²) in [6, 6.07) is 0. The van der Waals surface area contributed by atoms with Crippen molar-refractivity contribution in [1.29, 1.82) is 0 Å². The predicted octanol–water partition coefficient (Wildman–Crippen LogP) is 0.0784. The molecular weight excluding hydrogens is 115 g/mol. The standard InChI is InChI=1S/C4H9ClO2/c1-2-3-4-7-5-6/h2-4H2,1H3. The van der Waals surface area contributed by atoms with Gasteiger partial charge in [0.15, 0.2) is 0 Å². The lowest BCUT2D eigenvalue weighted by Gasteiger charge is -1.84. The number of hydrogen-bond acceptors (Lipinski definition) is 2. The molecule has 0 atom stereocenters. The lowest BCUT2D eigenvalue weighted by atomic mass is 10.4. The van der Waals surface area contributed by atoms with Gasteiger partial charge in [-0.25, -0.2) is 0 Å². The van der Waals surface area contributed by atoms with Crippen molar-refractivity contribution in [2.75, 3.05) is 6.61 Å². The third-order valence-corrected chi connectivity index (χ3v) is 0.863. The number of halogens is 1. The topological polar surface area (TPSA) is 32.3 Å². The zero-order valence-electron chi connectivity index (χ0n) is 4.32. The van der Waals surface area contributed by atoms with Gasteiger partial charge in [-0.2, -0.15) is 0 Å². The minimum Gasteiger partial charge on any atom is -0.506 e. The minimum absolute atomic E-state index is 0.563. The molecule has 0 heterocycles. The van der Waals surface area contributed by atoms with Crippen LogP contribution in [0.15, 0.2) is 0 Å². The van der Waals surface area contributed by atoms with E-state index in [4.69, 9.17) is 0 Å². The Labute approximate surface area is 47.5 Å². The summed E-state index contributed by atoms with van der Waals surface area (Å²) in [6.07, 6.45) is 2.04. The highest BCUT2D eigenvalue weighted by Crippen LogP contribution is 1.85. The normalized spacial score (nSPS) is 9.43. The van der Waals surface area contributed by atoms with Crippen molar-refractivity contribution in [3.63, 3.8) is 0 Å². The molecular formula is C4H9ClO2. The van der Waals surface area contributed by atoms with E-state index in [1.807, 2.05) is 6.92 Å². The molecule has 0 saturated carbocycles. The summed E-state index contributed by atoms with van der Waals surface area (Å²) in [5.41, 5.74) is 0. The molecule has 0 fully saturated rings. The Hall–Kier alpha value is 0.210. The van der Waals surface area contributed by atoms with E-state index in [1.54, 1.807) is 0 Å². The summed E-state index contributed by atoms with van der Waals surface area (Å²) in [5.74, 6) is 0. The molecule has 0 radical (unpaired) electrons. The van der Waals surface area contributed by atoms with E-state index in [0.717, 1.165) is 12.8 Å². The Balaban J connectivity index is 2.45. The van der Waals surface area contributed by atoms with Crippen LogP contribution in [-0.4, -0.2) is 6.61 Å². The molecule has 0 aliphatic heterocycles. The summed E-state index contributed by atoms with van der Waals surface area (Å²) in [7, 11) is 0. The van der Waals surface area contributed by atoms with Crippen molar-refractivity contribution in [3.8, 4) is 0 Å². The maximum Gasteiger partial charge on any atom is 0.330 e. The van der Waals surface area contributed by atoms with Crippen molar-refractivity contribution < 1.29 is 20.3 Å². The first-order valence-electron chi connectivity index (χ1n) is 2.30. The van der Waals surface area contributed by atoms with Crippen LogP contribution in [0.3, 0.4) is 0 Å². The van der Waals surface area contributed by atoms with E-state index >= 15 is 0 Å². The Kier molecular flexibility index (Phi) is 6.40. The molecule has 0 aliphatic rings. The van der Waals surface area contributed by atoms with Crippen LogP contribution >= 0.6 is 0 Å². The van der Waals surface area contributed by atoms with Crippen molar-refractivity contribution >= 4 is 0 Å². The Morgan fingerprint density at radius 3 is 2.86 bits per heavy atom. The molecule has 0 N–H and O–H groups in total. The molecule has 0 bridgehead atoms. The fraction of sp³-hybridized carbons (Fsp3) is 1.00. The molecule has 0 aliphatic carbocycles. The summed E-state index contributed by atoms with van der Waals surface area (Å²) in [4.78, 5) is 0. The van der Waals surface area contributed by atoms with Crippen molar-refractivity contribution in [1.82, 2.24) is 0 Å². The lowest BCUT2D eigenvalue weighted by Crippen LogP contribution is -2.04. The average Bonchev–Trinajstić information content (AvgIpc) is 1.69. The van der Waals surface area contributed by atoms with Crippen molar-refractivity contribution in [2.45, 2.75) is 19.8 Å². The maximum atomic E-state index is 9.44. The largest absolute Gasteiger partial charge is 0.506 e. The molecule has 0 amide bonds. The first kappa shape index (κ1) is 7.21. The van der Waals surface area contributed by atoms with Crippen LogP contribution in [0, 0.1) is 11.3 Å². The van der Waals surface area contributed by atoms with Gasteiger partial charge in [0.05, 0.1) is 0 Å². The van der Waals surface area contributed by atoms with Crippen LogP contribution in [0.4, 0.5) is 0 Å². The molecule has 0 saturated heterocycles. The summed E-state index contributed by atoms with van der Waals surface area (Å²) < 4.78 is 13.8. The van der Waals surface area contributed by atoms with Gasteiger partial charge in [0.25, 0.3) is 0 Å². The van der Waals surface area contributed by atoms with Gasteiger partial charge in [-0.05, 0) is 6.42 Å². The summed E-state index contributed by atoms with van der Waals surface area (Å²) in [5, 5.41) is 0. The fourth-order valence-electron chi connectivity index (χ4n) is 0.230. The van der Waals surface area contributed by atoms with Crippen molar-refractivity contribution in [2.24, 2.45) is 0 Å². The second-order valence-corrected chi connectivity index (χ2v) is 1.57. The molecule has 0 rings (SSSR count). The predicted molar refractivity (Wildman–Crippen MR) is 20.9 cm³/mol. The molecule has 0 unspecified atom stereocenters. The number of rotatable bonds is 4.